The zero-order valence-electron chi connectivity index (χ0n) is 23.4. The summed E-state index contributed by atoms with van der Waals surface area (Å²) in [5, 5.41) is 8.97. The van der Waals surface area contributed by atoms with Crippen LogP contribution < -0.4 is 20.7 Å². The third-order valence-corrected chi connectivity index (χ3v) is 8.19. The Morgan fingerprint density at radius 2 is 1.65 bits per heavy atom. The number of thiazole rings is 1. The largest absolute Gasteiger partial charge is 0.497 e. The molecule has 216 valence electrons. The molecular formula is C33H28N4O4S2. The van der Waals surface area contributed by atoms with E-state index in [0.29, 0.717) is 16.4 Å². The van der Waals surface area contributed by atoms with Crippen LogP contribution in [0.4, 0.5) is 10.8 Å². The van der Waals surface area contributed by atoms with E-state index in [4.69, 9.17) is 4.74 Å². The van der Waals surface area contributed by atoms with E-state index in [1.165, 1.54) is 23.1 Å². The van der Waals surface area contributed by atoms with Crippen molar-refractivity contribution >= 4 is 67.9 Å². The molecule has 10 heteroatoms. The van der Waals surface area contributed by atoms with Gasteiger partial charge in [-0.3, -0.25) is 14.4 Å². The molecule has 8 nitrogen and oxygen atoms in total. The standard InChI is InChI=1S/C33H28N4O4S2/c1-21-8-10-22(11-9-21)18-28(35-31(39)23-6-4-3-5-7-23)32(40)34-24-12-15-26(16-13-24)42-20-30(38)37-33-36-27-17-14-25(41-2)19-29(27)43-33/h3-19H,20H2,1-2H3,(H,34,40)(H,35,39)(H,36,37,38)/b28-18-. The third-order valence-electron chi connectivity index (χ3n) is 6.24. The third kappa shape index (κ3) is 8.09. The molecule has 1 heterocycles. The van der Waals surface area contributed by atoms with Gasteiger partial charge in [0.1, 0.15) is 11.4 Å². The zero-order valence-corrected chi connectivity index (χ0v) is 25.1. The molecule has 0 aliphatic heterocycles. The van der Waals surface area contributed by atoms with Crippen LogP contribution in [0.15, 0.2) is 108 Å². The van der Waals surface area contributed by atoms with Gasteiger partial charge >= 0.3 is 0 Å². The second-order valence-corrected chi connectivity index (χ2v) is 11.5. The number of amides is 3. The summed E-state index contributed by atoms with van der Waals surface area (Å²) in [5.74, 6) is -0.0872. The molecule has 0 bridgehead atoms. The van der Waals surface area contributed by atoms with Gasteiger partial charge in [-0.2, -0.15) is 0 Å². The van der Waals surface area contributed by atoms with Crippen molar-refractivity contribution in [1.29, 1.82) is 0 Å². The normalized spacial score (nSPS) is 11.2. The molecule has 0 saturated carbocycles. The first-order valence-corrected chi connectivity index (χ1v) is 15.1. The van der Waals surface area contributed by atoms with Crippen LogP contribution in [0.2, 0.25) is 0 Å². The fraction of sp³-hybridized carbons (Fsp3) is 0.0909. The van der Waals surface area contributed by atoms with Crippen molar-refractivity contribution in [2.24, 2.45) is 0 Å². The fourth-order valence-electron chi connectivity index (χ4n) is 3.99. The molecule has 3 N–H and O–H groups in total. The number of hydrogen-bond acceptors (Lipinski definition) is 7. The molecule has 5 aromatic rings. The number of anilines is 2. The topological polar surface area (TPSA) is 109 Å². The predicted molar refractivity (Wildman–Crippen MR) is 174 cm³/mol. The van der Waals surface area contributed by atoms with E-state index in [0.717, 1.165) is 32.0 Å². The van der Waals surface area contributed by atoms with Crippen molar-refractivity contribution in [3.8, 4) is 5.75 Å². The Morgan fingerprint density at radius 3 is 2.37 bits per heavy atom. The van der Waals surface area contributed by atoms with Gasteiger partial charge in [0.25, 0.3) is 11.8 Å². The summed E-state index contributed by atoms with van der Waals surface area (Å²) in [4.78, 5) is 44.0. The molecule has 4 aromatic carbocycles. The van der Waals surface area contributed by atoms with Gasteiger partial charge in [-0.05, 0) is 73.2 Å². The number of nitrogens with zero attached hydrogens (tertiary/aromatic N) is 1. The highest BCUT2D eigenvalue weighted by atomic mass is 32.2. The summed E-state index contributed by atoms with van der Waals surface area (Å²) in [6.45, 7) is 1.98. The first kappa shape index (κ1) is 29.6. The molecule has 0 fully saturated rings. The number of fused-ring (bicyclic) bond motifs is 1. The van der Waals surface area contributed by atoms with Crippen LogP contribution in [-0.4, -0.2) is 35.6 Å². The van der Waals surface area contributed by atoms with Crippen LogP contribution in [0, 0.1) is 6.92 Å². The lowest BCUT2D eigenvalue weighted by Crippen LogP contribution is -2.30. The van der Waals surface area contributed by atoms with Crippen molar-refractivity contribution in [1.82, 2.24) is 10.3 Å². The highest BCUT2D eigenvalue weighted by Gasteiger charge is 2.15. The quantitative estimate of drug-likeness (QED) is 0.120. The second-order valence-electron chi connectivity index (χ2n) is 9.46. The highest BCUT2D eigenvalue weighted by molar-refractivity contribution is 8.00. The molecule has 5 rings (SSSR count). The Morgan fingerprint density at radius 1 is 0.907 bits per heavy atom. The van der Waals surface area contributed by atoms with Gasteiger partial charge in [0.2, 0.25) is 5.91 Å². The Hall–Kier alpha value is -4.93. The number of aromatic nitrogens is 1. The van der Waals surface area contributed by atoms with Crippen molar-refractivity contribution in [3.63, 3.8) is 0 Å². The van der Waals surface area contributed by atoms with Crippen LogP contribution in [-0.2, 0) is 9.59 Å². The lowest BCUT2D eigenvalue weighted by atomic mass is 10.1. The van der Waals surface area contributed by atoms with E-state index in [-0.39, 0.29) is 23.3 Å². The van der Waals surface area contributed by atoms with E-state index in [1.54, 1.807) is 49.6 Å². The minimum atomic E-state index is -0.460. The van der Waals surface area contributed by atoms with E-state index in [2.05, 4.69) is 20.9 Å². The van der Waals surface area contributed by atoms with Crippen molar-refractivity contribution in [2.75, 3.05) is 23.5 Å². The summed E-state index contributed by atoms with van der Waals surface area (Å²) in [6.07, 6.45) is 1.64. The first-order chi connectivity index (χ1) is 20.9. The molecular weight excluding hydrogens is 581 g/mol. The molecule has 0 radical (unpaired) electrons. The summed E-state index contributed by atoms with van der Waals surface area (Å²) in [6, 6.07) is 29.1. The van der Waals surface area contributed by atoms with Crippen LogP contribution in [0.1, 0.15) is 21.5 Å². The molecule has 0 aliphatic rings. The number of carbonyl (C=O) groups is 3. The maximum absolute atomic E-state index is 13.3. The molecule has 43 heavy (non-hydrogen) atoms. The maximum atomic E-state index is 13.3. The fourth-order valence-corrected chi connectivity index (χ4v) is 5.60. The number of aryl methyl sites for hydroxylation is 1. The predicted octanol–water partition coefficient (Wildman–Crippen LogP) is 6.75. The average molecular weight is 609 g/mol. The molecule has 0 aliphatic carbocycles. The average Bonchev–Trinajstić information content (AvgIpc) is 3.43. The molecule has 0 atom stereocenters. The summed E-state index contributed by atoms with van der Waals surface area (Å²) < 4.78 is 6.17. The van der Waals surface area contributed by atoms with Crippen molar-refractivity contribution < 1.29 is 19.1 Å². The highest BCUT2D eigenvalue weighted by Crippen LogP contribution is 2.29. The molecule has 1 aromatic heterocycles. The molecule has 0 spiro atoms. The van der Waals surface area contributed by atoms with Gasteiger partial charge in [0.05, 0.1) is 23.1 Å². The second kappa shape index (κ2) is 13.8. The number of thioether (sulfide) groups is 1. The number of hydrogen-bond donors (Lipinski definition) is 3. The van der Waals surface area contributed by atoms with Gasteiger partial charge in [-0.25, -0.2) is 4.98 Å². The van der Waals surface area contributed by atoms with Gasteiger partial charge in [0, 0.05) is 16.1 Å². The van der Waals surface area contributed by atoms with Crippen molar-refractivity contribution in [2.45, 2.75) is 11.8 Å². The SMILES string of the molecule is COc1ccc2nc(NC(=O)CSc3ccc(NC(=O)/C(=C/c4ccc(C)cc4)NC(=O)c4ccccc4)cc3)sc2c1. The van der Waals surface area contributed by atoms with Gasteiger partial charge in [0.15, 0.2) is 5.13 Å². The first-order valence-electron chi connectivity index (χ1n) is 13.3. The number of rotatable bonds is 10. The van der Waals surface area contributed by atoms with Crippen LogP contribution in [0.5, 0.6) is 5.75 Å². The maximum Gasteiger partial charge on any atom is 0.272 e. The van der Waals surface area contributed by atoms with E-state index >= 15 is 0 Å². The number of methoxy groups -OCH3 is 1. The Kier molecular flexibility index (Phi) is 9.50. The van der Waals surface area contributed by atoms with Gasteiger partial charge in [-0.1, -0.05) is 59.4 Å². The molecule has 0 saturated heterocycles. The Bertz CT molecular complexity index is 1780. The Balaban J connectivity index is 1.20. The van der Waals surface area contributed by atoms with Gasteiger partial charge in [-0.15, -0.1) is 11.8 Å². The van der Waals surface area contributed by atoms with Gasteiger partial charge < -0.3 is 20.7 Å². The van der Waals surface area contributed by atoms with E-state index in [9.17, 15) is 14.4 Å². The minimum absolute atomic E-state index is 0.112. The molecule has 0 unspecified atom stereocenters. The Labute approximate surface area is 257 Å². The lowest BCUT2D eigenvalue weighted by Gasteiger charge is -2.12. The van der Waals surface area contributed by atoms with Crippen molar-refractivity contribution in [3.05, 3.63) is 119 Å². The smallest absolute Gasteiger partial charge is 0.272 e. The van der Waals surface area contributed by atoms with Crippen LogP contribution >= 0.6 is 23.1 Å². The lowest BCUT2D eigenvalue weighted by molar-refractivity contribution is -0.114. The van der Waals surface area contributed by atoms with E-state index < -0.39 is 5.91 Å². The molecule has 3 amide bonds. The zero-order chi connectivity index (χ0) is 30.2. The summed E-state index contributed by atoms with van der Waals surface area (Å²) >= 11 is 2.75. The number of ether oxygens (including phenoxy) is 1. The summed E-state index contributed by atoms with van der Waals surface area (Å²) in [5.41, 5.74) is 3.76. The number of carbonyl (C=O) groups excluding carboxylic acids is 3. The van der Waals surface area contributed by atoms with E-state index in [1.807, 2.05) is 67.6 Å². The minimum Gasteiger partial charge on any atom is -0.497 e. The number of benzene rings is 4. The number of nitrogens with one attached hydrogen (secondary N) is 3. The summed E-state index contributed by atoms with van der Waals surface area (Å²) in [7, 11) is 1.61. The monoisotopic (exact) mass is 608 g/mol. The van der Waals surface area contributed by atoms with Crippen LogP contribution in [0.25, 0.3) is 16.3 Å². The van der Waals surface area contributed by atoms with Crippen LogP contribution in [0.3, 0.4) is 0 Å².